The molecule has 0 saturated carbocycles. The zero-order chi connectivity index (χ0) is 14.0. The second kappa shape index (κ2) is 6.51. The molecule has 2 aromatic rings. The molecule has 0 saturated heterocycles. The molecule has 1 N–H and O–H groups in total. The SMILES string of the molecule is O=C(Nc1cc(Br)cnc1Cl)c1cc(Br)ccc1I. The third-order valence-electron chi connectivity index (χ3n) is 2.23. The summed E-state index contributed by atoms with van der Waals surface area (Å²) in [6, 6.07) is 7.21. The van der Waals surface area contributed by atoms with Crippen molar-refractivity contribution in [3.63, 3.8) is 0 Å². The van der Waals surface area contributed by atoms with E-state index in [9.17, 15) is 4.79 Å². The molecular formula is C12H6Br2ClIN2O. The fourth-order valence-corrected chi connectivity index (χ4v) is 2.79. The highest BCUT2D eigenvalue weighted by Crippen LogP contribution is 2.25. The topological polar surface area (TPSA) is 42.0 Å². The number of pyridine rings is 1. The number of anilines is 1. The van der Waals surface area contributed by atoms with Crippen LogP contribution in [0.3, 0.4) is 0 Å². The van der Waals surface area contributed by atoms with Crippen molar-refractivity contribution in [2.75, 3.05) is 5.32 Å². The molecule has 1 amide bonds. The molecule has 1 heterocycles. The number of rotatable bonds is 2. The Balaban J connectivity index is 2.30. The Morgan fingerprint density at radius 3 is 2.74 bits per heavy atom. The molecule has 19 heavy (non-hydrogen) atoms. The zero-order valence-corrected chi connectivity index (χ0v) is 15.3. The monoisotopic (exact) mass is 514 g/mol. The standard InChI is InChI=1S/C12H6Br2ClIN2O/c13-6-1-2-9(16)8(3-6)12(19)18-10-4-7(14)5-17-11(10)15/h1-5H,(H,18,19). The van der Waals surface area contributed by atoms with Gasteiger partial charge in [-0.1, -0.05) is 27.5 Å². The van der Waals surface area contributed by atoms with Crippen LogP contribution in [-0.4, -0.2) is 10.9 Å². The van der Waals surface area contributed by atoms with Crippen LogP contribution in [0.15, 0.2) is 39.4 Å². The third-order valence-corrected chi connectivity index (χ3v) is 4.40. The van der Waals surface area contributed by atoms with Gasteiger partial charge in [-0.3, -0.25) is 4.79 Å². The lowest BCUT2D eigenvalue weighted by atomic mass is 10.2. The smallest absolute Gasteiger partial charge is 0.256 e. The molecule has 1 aromatic heterocycles. The number of benzene rings is 1. The normalized spacial score (nSPS) is 10.3. The molecule has 0 bridgehead atoms. The summed E-state index contributed by atoms with van der Waals surface area (Å²) < 4.78 is 2.45. The first-order valence-corrected chi connectivity index (χ1v) is 8.09. The Labute approximate surface area is 145 Å². The van der Waals surface area contributed by atoms with Gasteiger partial charge < -0.3 is 5.32 Å². The van der Waals surface area contributed by atoms with Crippen LogP contribution in [0.25, 0.3) is 0 Å². The van der Waals surface area contributed by atoms with Gasteiger partial charge in [-0.25, -0.2) is 4.98 Å². The molecule has 0 unspecified atom stereocenters. The number of halogens is 4. The summed E-state index contributed by atoms with van der Waals surface area (Å²) in [5.41, 5.74) is 1.04. The lowest BCUT2D eigenvalue weighted by molar-refractivity contribution is 0.102. The number of amides is 1. The number of hydrogen-bond donors (Lipinski definition) is 1. The van der Waals surface area contributed by atoms with Gasteiger partial charge in [0.1, 0.15) is 0 Å². The zero-order valence-electron chi connectivity index (χ0n) is 9.25. The first kappa shape index (κ1) is 15.2. The quantitative estimate of drug-likeness (QED) is 0.445. The minimum absolute atomic E-state index is 0.229. The van der Waals surface area contributed by atoms with E-state index in [4.69, 9.17) is 11.6 Å². The minimum Gasteiger partial charge on any atom is -0.319 e. The fourth-order valence-electron chi connectivity index (χ4n) is 1.37. The lowest BCUT2D eigenvalue weighted by Gasteiger charge is -2.08. The molecule has 0 spiro atoms. The van der Waals surface area contributed by atoms with Crippen molar-refractivity contribution in [1.29, 1.82) is 0 Å². The van der Waals surface area contributed by atoms with Gasteiger partial charge in [0.2, 0.25) is 0 Å². The average Bonchev–Trinajstić information content (AvgIpc) is 2.36. The van der Waals surface area contributed by atoms with Crippen molar-refractivity contribution in [3.05, 3.63) is 53.7 Å². The van der Waals surface area contributed by atoms with Gasteiger partial charge in [-0.15, -0.1) is 0 Å². The van der Waals surface area contributed by atoms with Gasteiger partial charge in [0.15, 0.2) is 5.15 Å². The Hall–Kier alpha value is -0.180. The number of carbonyl (C=O) groups excluding carboxylic acids is 1. The predicted molar refractivity (Wildman–Crippen MR) is 91.8 cm³/mol. The van der Waals surface area contributed by atoms with E-state index in [2.05, 4.69) is 64.8 Å². The molecule has 98 valence electrons. The van der Waals surface area contributed by atoms with E-state index in [0.717, 1.165) is 12.5 Å². The summed E-state index contributed by atoms with van der Waals surface area (Å²) in [6.45, 7) is 0. The van der Waals surface area contributed by atoms with Crippen molar-refractivity contribution in [2.45, 2.75) is 0 Å². The second-order valence-corrected chi connectivity index (χ2v) is 6.92. The van der Waals surface area contributed by atoms with Crippen LogP contribution in [0.1, 0.15) is 10.4 Å². The van der Waals surface area contributed by atoms with Crippen molar-refractivity contribution in [1.82, 2.24) is 4.98 Å². The maximum absolute atomic E-state index is 12.2. The van der Waals surface area contributed by atoms with Gasteiger partial charge in [0, 0.05) is 18.7 Å². The van der Waals surface area contributed by atoms with Crippen molar-refractivity contribution >= 4 is 77.6 Å². The molecule has 0 fully saturated rings. The molecular weight excluding hydrogens is 510 g/mol. The number of hydrogen-bond acceptors (Lipinski definition) is 2. The number of carbonyl (C=O) groups is 1. The Morgan fingerprint density at radius 1 is 1.26 bits per heavy atom. The molecule has 2 rings (SSSR count). The summed E-state index contributed by atoms with van der Waals surface area (Å²) >= 11 is 14.7. The van der Waals surface area contributed by atoms with Gasteiger partial charge in [0.25, 0.3) is 5.91 Å². The first-order valence-electron chi connectivity index (χ1n) is 5.05. The average molecular weight is 516 g/mol. The van der Waals surface area contributed by atoms with E-state index in [1.165, 1.54) is 0 Å². The fraction of sp³-hybridized carbons (Fsp3) is 0. The summed E-state index contributed by atoms with van der Waals surface area (Å²) in [4.78, 5) is 16.2. The van der Waals surface area contributed by atoms with Gasteiger partial charge in [-0.2, -0.15) is 0 Å². The van der Waals surface area contributed by atoms with Crippen LogP contribution in [-0.2, 0) is 0 Å². The van der Waals surface area contributed by atoms with E-state index in [1.807, 2.05) is 12.1 Å². The van der Waals surface area contributed by atoms with Crippen molar-refractivity contribution in [2.24, 2.45) is 0 Å². The largest absolute Gasteiger partial charge is 0.319 e. The maximum atomic E-state index is 12.2. The maximum Gasteiger partial charge on any atom is 0.256 e. The van der Waals surface area contributed by atoms with Crippen LogP contribution in [0.4, 0.5) is 5.69 Å². The molecule has 1 aromatic carbocycles. The van der Waals surface area contributed by atoms with Crippen LogP contribution in [0.2, 0.25) is 5.15 Å². The highest BCUT2D eigenvalue weighted by molar-refractivity contribution is 14.1. The first-order chi connectivity index (χ1) is 8.97. The van der Waals surface area contributed by atoms with E-state index >= 15 is 0 Å². The van der Waals surface area contributed by atoms with Gasteiger partial charge >= 0.3 is 0 Å². The summed E-state index contributed by atoms with van der Waals surface area (Å²) in [6.07, 6.45) is 1.57. The number of aromatic nitrogens is 1. The van der Waals surface area contributed by atoms with E-state index in [1.54, 1.807) is 18.3 Å². The van der Waals surface area contributed by atoms with E-state index in [0.29, 0.717) is 11.3 Å². The highest BCUT2D eigenvalue weighted by atomic mass is 127. The molecule has 7 heteroatoms. The van der Waals surface area contributed by atoms with E-state index < -0.39 is 0 Å². The van der Waals surface area contributed by atoms with Gasteiger partial charge in [0.05, 0.1) is 11.3 Å². The Kier molecular flexibility index (Phi) is 5.22. The summed E-state index contributed by atoms with van der Waals surface area (Å²) in [5.74, 6) is -0.229. The minimum atomic E-state index is -0.229. The molecule has 0 atom stereocenters. The molecule has 3 nitrogen and oxygen atoms in total. The summed E-state index contributed by atoms with van der Waals surface area (Å²) in [7, 11) is 0. The number of nitrogens with zero attached hydrogens (tertiary/aromatic N) is 1. The van der Waals surface area contributed by atoms with Crippen molar-refractivity contribution in [3.8, 4) is 0 Å². The van der Waals surface area contributed by atoms with Gasteiger partial charge in [-0.05, 0) is 62.8 Å². The lowest BCUT2D eigenvalue weighted by Crippen LogP contribution is -2.14. The van der Waals surface area contributed by atoms with Crippen molar-refractivity contribution < 1.29 is 4.79 Å². The highest BCUT2D eigenvalue weighted by Gasteiger charge is 2.13. The van der Waals surface area contributed by atoms with Crippen LogP contribution in [0.5, 0.6) is 0 Å². The number of nitrogens with one attached hydrogen (secondary N) is 1. The molecule has 0 radical (unpaired) electrons. The van der Waals surface area contributed by atoms with Crippen LogP contribution < -0.4 is 5.32 Å². The molecule has 0 aliphatic rings. The van der Waals surface area contributed by atoms with Crippen LogP contribution >= 0.6 is 66.1 Å². The molecule has 0 aliphatic carbocycles. The van der Waals surface area contributed by atoms with E-state index in [-0.39, 0.29) is 11.1 Å². The summed E-state index contributed by atoms with van der Waals surface area (Å²) in [5, 5.41) is 3.00. The predicted octanol–water partition coefficient (Wildman–Crippen LogP) is 5.12. The second-order valence-electron chi connectivity index (χ2n) is 3.57. The Morgan fingerprint density at radius 2 is 2.00 bits per heavy atom. The van der Waals surface area contributed by atoms with Crippen LogP contribution in [0, 0.1) is 3.57 Å². The Bertz CT molecular complexity index is 652. The molecule has 0 aliphatic heterocycles. The third kappa shape index (κ3) is 3.90.